The lowest BCUT2D eigenvalue weighted by atomic mass is 10.0. The Morgan fingerprint density at radius 1 is 1.03 bits per heavy atom. The molecule has 0 fully saturated rings. The van der Waals surface area contributed by atoms with E-state index >= 15 is 0 Å². The van der Waals surface area contributed by atoms with Crippen molar-refractivity contribution in [1.82, 2.24) is 5.32 Å². The summed E-state index contributed by atoms with van der Waals surface area (Å²) in [5.74, 6) is -1.44. The number of hydrogen-bond acceptors (Lipinski definition) is 5. The summed E-state index contributed by atoms with van der Waals surface area (Å²) in [5.41, 5.74) is 5.09. The van der Waals surface area contributed by atoms with Gasteiger partial charge in [0.25, 0.3) is 5.91 Å². The Morgan fingerprint density at radius 3 is 2.10 bits per heavy atom. The topological polar surface area (TPSA) is 119 Å². The number of ether oxygens (including phenoxy) is 1. The molecular weight excluding hydrogens is 420 g/mol. The van der Waals surface area contributed by atoms with E-state index in [1.165, 1.54) is 0 Å². The smallest absolute Gasteiger partial charge is 0.326 e. The van der Waals surface area contributed by atoms with Crippen molar-refractivity contribution < 1.29 is 24.2 Å². The zero-order chi connectivity index (χ0) is 23.0. The molecule has 2 rings (SSSR count). The Balaban J connectivity index is 2.03. The molecule has 0 aliphatic heterocycles. The standard InChI is InChI=1S/C23H27ClN2O5/c1-23(2,22(30)26-19(21(28)29)5-3-4-14-25)31-18-12-8-16(9-13-18)20(27)15-6-10-17(24)11-7-15/h6-13,19H,3-5,14,25H2,1-2H3,(H,26,30)(H,28,29)/t19-/m0/s1. The van der Waals surface area contributed by atoms with Gasteiger partial charge in [0.15, 0.2) is 11.4 Å². The third-order valence-corrected chi connectivity index (χ3v) is 4.95. The first kappa shape index (κ1) is 24.4. The highest BCUT2D eigenvalue weighted by Crippen LogP contribution is 2.21. The number of rotatable bonds is 11. The number of nitrogens with two attached hydrogens (primary N) is 1. The van der Waals surface area contributed by atoms with Gasteiger partial charge < -0.3 is 20.9 Å². The van der Waals surface area contributed by atoms with Crippen molar-refractivity contribution in [2.24, 2.45) is 5.73 Å². The van der Waals surface area contributed by atoms with Crippen LogP contribution in [0.25, 0.3) is 0 Å². The fraction of sp³-hybridized carbons (Fsp3) is 0.348. The molecule has 0 heterocycles. The molecule has 0 radical (unpaired) electrons. The lowest BCUT2D eigenvalue weighted by Crippen LogP contribution is -2.52. The van der Waals surface area contributed by atoms with Gasteiger partial charge in [-0.05, 0) is 88.2 Å². The fourth-order valence-corrected chi connectivity index (χ4v) is 2.99. The number of carboxylic acid groups (broad SMARTS) is 1. The molecule has 1 amide bonds. The van der Waals surface area contributed by atoms with Crippen LogP contribution in [-0.4, -0.2) is 41.0 Å². The van der Waals surface area contributed by atoms with Crippen LogP contribution in [0.1, 0.15) is 49.0 Å². The van der Waals surface area contributed by atoms with E-state index in [2.05, 4.69) is 5.32 Å². The van der Waals surface area contributed by atoms with E-state index in [0.717, 1.165) is 0 Å². The number of carboxylic acids is 1. The van der Waals surface area contributed by atoms with E-state index in [9.17, 15) is 19.5 Å². The number of unbranched alkanes of at least 4 members (excludes halogenated alkanes) is 1. The molecule has 0 unspecified atom stereocenters. The van der Waals surface area contributed by atoms with E-state index < -0.39 is 23.5 Å². The second-order valence-corrected chi connectivity index (χ2v) is 8.06. The molecule has 31 heavy (non-hydrogen) atoms. The van der Waals surface area contributed by atoms with Gasteiger partial charge in [-0.3, -0.25) is 9.59 Å². The van der Waals surface area contributed by atoms with Crippen molar-refractivity contribution in [2.45, 2.75) is 44.8 Å². The number of ketones is 1. The Kier molecular flexibility index (Phi) is 8.59. The van der Waals surface area contributed by atoms with Gasteiger partial charge in [-0.1, -0.05) is 11.6 Å². The van der Waals surface area contributed by atoms with Gasteiger partial charge in [0.1, 0.15) is 11.8 Å². The molecule has 7 nitrogen and oxygen atoms in total. The average molecular weight is 447 g/mol. The number of carbonyl (C=O) groups excluding carboxylic acids is 2. The third kappa shape index (κ3) is 7.08. The second kappa shape index (κ2) is 10.9. The maximum atomic E-state index is 12.6. The minimum Gasteiger partial charge on any atom is -0.480 e. The zero-order valence-corrected chi connectivity index (χ0v) is 18.3. The lowest BCUT2D eigenvalue weighted by Gasteiger charge is -2.27. The van der Waals surface area contributed by atoms with E-state index in [4.69, 9.17) is 22.1 Å². The Labute approximate surface area is 186 Å². The normalized spacial score (nSPS) is 12.1. The summed E-state index contributed by atoms with van der Waals surface area (Å²) in [7, 11) is 0. The van der Waals surface area contributed by atoms with E-state index in [0.29, 0.717) is 41.3 Å². The lowest BCUT2D eigenvalue weighted by molar-refractivity contribution is -0.145. The minimum absolute atomic E-state index is 0.165. The van der Waals surface area contributed by atoms with Crippen LogP contribution in [0.5, 0.6) is 5.75 Å². The van der Waals surface area contributed by atoms with Crippen molar-refractivity contribution in [3.05, 3.63) is 64.7 Å². The van der Waals surface area contributed by atoms with Crippen LogP contribution in [0.4, 0.5) is 0 Å². The molecule has 0 saturated carbocycles. The van der Waals surface area contributed by atoms with E-state index in [-0.39, 0.29) is 12.2 Å². The first-order valence-corrected chi connectivity index (χ1v) is 10.3. The van der Waals surface area contributed by atoms with Crippen LogP contribution in [0.15, 0.2) is 48.5 Å². The summed E-state index contributed by atoms with van der Waals surface area (Å²) in [6.07, 6.45) is 1.56. The van der Waals surface area contributed by atoms with E-state index in [1.54, 1.807) is 62.4 Å². The highest BCUT2D eigenvalue weighted by Gasteiger charge is 2.33. The summed E-state index contributed by atoms with van der Waals surface area (Å²) in [5, 5.41) is 12.4. The molecule has 2 aromatic carbocycles. The highest BCUT2D eigenvalue weighted by molar-refractivity contribution is 6.30. The van der Waals surface area contributed by atoms with Gasteiger partial charge >= 0.3 is 5.97 Å². The maximum absolute atomic E-state index is 12.6. The monoisotopic (exact) mass is 446 g/mol. The van der Waals surface area contributed by atoms with Gasteiger partial charge in [0.05, 0.1) is 0 Å². The second-order valence-electron chi connectivity index (χ2n) is 7.62. The number of benzene rings is 2. The molecule has 0 bridgehead atoms. The van der Waals surface area contributed by atoms with Gasteiger partial charge in [0.2, 0.25) is 0 Å². The Hall–Kier alpha value is -2.90. The first-order valence-electron chi connectivity index (χ1n) is 9.97. The minimum atomic E-state index is -1.32. The van der Waals surface area contributed by atoms with Gasteiger partial charge in [0, 0.05) is 16.1 Å². The molecule has 0 saturated heterocycles. The summed E-state index contributed by atoms with van der Waals surface area (Å²) >= 11 is 5.85. The molecule has 0 aromatic heterocycles. The quantitative estimate of drug-likeness (QED) is 0.359. The Morgan fingerprint density at radius 2 is 1.58 bits per heavy atom. The summed E-state index contributed by atoms with van der Waals surface area (Å²) in [6.45, 7) is 3.56. The molecule has 1 atom stereocenters. The molecule has 4 N–H and O–H groups in total. The molecule has 8 heteroatoms. The van der Waals surface area contributed by atoms with Crippen molar-refractivity contribution in [1.29, 1.82) is 0 Å². The summed E-state index contributed by atoms with van der Waals surface area (Å²) in [6, 6.07) is 12.0. The van der Waals surface area contributed by atoms with Crippen LogP contribution in [0, 0.1) is 0 Å². The fourth-order valence-electron chi connectivity index (χ4n) is 2.87. The number of hydrogen-bond donors (Lipinski definition) is 3. The molecule has 166 valence electrons. The average Bonchev–Trinajstić information content (AvgIpc) is 2.73. The summed E-state index contributed by atoms with van der Waals surface area (Å²) in [4.78, 5) is 36.6. The van der Waals surface area contributed by atoms with Gasteiger partial charge in [-0.25, -0.2) is 4.79 Å². The zero-order valence-electron chi connectivity index (χ0n) is 17.6. The van der Waals surface area contributed by atoms with Crippen LogP contribution in [0.2, 0.25) is 5.02 Å². The van der Waals surface area contributed by atoms with Crippen molar-refractivity contribution in [2.75, 3.05) is 6.54 Å². The number of aliphatic carboxylic acids is 1. The molecule has 2 aromatic rings. The first-order chi connectivity index (χ1) is 14.6. The van der Waals surface area contributed by atoms with Crippen LogP contribution in [-0.2, 0) is 9.59 Å². The highest BCUT2D eigenvalue weighted by atomic mass is 35.5. The number of carbonyl (C=O) groups is 3. The van der Waals surface area contributed by atoms with Crippen LogP contribution >= 0.6 is 11.6 Å². The summed E-state index contributed by atoms with van der Waals surface area (Å²) < 4.78 is 5.77. The van der Waals surface area contributed by atoms with Crippen LogP contribution in [0.3, 0.4) is 0 Å². The predicted octanol–water partition coefficient (Wildman–Crippen LogP) is 3.43. The van der Waals surface area contributed by atoms with Crippen molar-refractivity contribution in [3.63, 3.8) is 0 Å². The van der Waals surface area contributed by atoms with E-state index in [1.807, 2.05) is 0 Å². The largest absolute Gasteiger partial charge is 0.480 e. The van der Waals surface area contributed by atoms with Crippen molar-refractivity contribution >= 4 is 29.3 Å². The number of halogens is 1. The molecule has 0 aliphatic rings. The Bertz CT molecular complexity index is 911. The molecule has 0 spiro atoms. The third-order valence-electron chi connectivity index (χ3n) is 4.69. The maximum Gasteiger partial charge on any atom is 0.326 e. The molecule has 0 aliphatic carbocycles. The number of amides is 1. The van der Waals surface area contributed by atoms with Crippen LogP contribution < -0.4 is 15.8 Å². The molecular formula is C23H27ClN2O5. The van der Waals surface area contributed by atoms with Crippen molar-refractivity contribution in [3.8, 4) is 5.75 Å². The van der Waals surface area contributed by atoms with Gasteiger partial charge in [-0.15, -0.1) is 0 Å². The number of nitrogens with one attached hydrogen (secondary N) is 1. The predicted molar refractivity (Wildman–Crippen MR) is 119 cm³/mol. The van der Waals surface area contributed by atoms with Gasteiger partial charge in [-0.2, -0.15) is 0 Å². The SMILES string of the molecule is CC(C)(Oc1ccc(C(=O)c2ccc(Cl)cc2)cc1)C(=O)N[C@@H](CCCCN)C(=O)O.